The molecule has 0 atom stereocenters. The smallest absolute Gasteiger partial charge is 0.231 e. The molecule has 3 aromatic rings. The molecule has 0 aliphatic heterocycles. The fourth-order valence-corrected chi connectivity index (χ4v) is 3.29. The number of carbonyl (C=O) groups is 1. The summed E-state index contributed by atoms with van der Waals surface area (Å²) in [6, 6.07) is 15.3. The highest BCUT2D eigenvalue weighted by Crippen LogP contribution is 2.25. The van der Waals surface area contributed by atoms with Crippen LogP contribution in [0.15, 0.2) is 58.4 Å². The summed E-state index contributed by atoms with van der Waals surface area (Å²) in [5, 5.41) is 5.61. The highest BCUT2D eigenvalue weighted by Gasteiger charge is 2.11. The van der Waals surface area contributed by atoms with E-state index < -0.39 is 0 Å². The highest BCUT2D eigenvalue weighted by atomic mass is 79.9. The van der Waals surface area contributed by atoms with Crippen LogP contribution in [0.5, 0.6) is 5.75 Å². The second-order valence-corrected chi connectivity index (χ2v) is 6.92. The Morgan fingerprint density at radius 3 is 2.71 bits per heavy atom. The Balaban J connectivity index is 1.68. The number of halogens is 1. The molecule has 0 fully saturated rings. The minimum atomic E-state index is -0.115. The molecule has 0 saturated carbocycles. The average molecular weight is 403 g/mol. The maximum Gasteiger partial charge on any atom is 0.231 e. The summed E-state index contributed by atoms with van der Waals surface area (Å²) >= 11 is 4.90. The number of benzene rings is 2. The van der Waals surface area contributed by atoms with Gasteiger partial charge in [-0.3, -0.25) is 4.79 Å². The molecule has 1 aromatic heterocycles. The largest absolute Gasteiger partial charge is 0.495 e. The molecule has 4 nitrogen and oxygen atoms in total. The van der Waals surface area contributed by atoms with Gasteiger partial charge in [0.1, 0.15) is 10.8 Å². The van der Waals surface area contributed by atoms with Crippen LogP contribution in [0.2, 0.25) is 0 Å². The molecule has 0 unspecified atom stereocenters. The molecule has 1 heterocycles. The van der Waals surface area contributed by atoms with Gasteiger partial charge in [-0.2, -0.15) is 0 Å². The summed E-state index contributed by atoms with van der Waals surface area (Å²) in [6.45, 7) is 0. The van der Waals surface area contributed by atoms with Crippen molar-refractivity contribution in [2.24, 2.45) is 0 Å². The number of rotatable bonds is 5. The summed E-state index contributed by atoms with van der Waals surface area (Å²) in [4.78, 5) is 16.8. The first-order valence-corrected chi connectivity index (χ1v) is 8.96. The Kier molecular flexibility index (Phi) is 5.27. The predicted octanol–water partition coefficient (Wildman–Crippen LogP) is 4.76. The van der Waals surface area contributed by atoms with E-state index in [1.807, 2.05) is 53.9 Å². The number of amides is 1. The van der Waals surface area contributed by atoms with Gasteiger partial charge in [-0.15, -0.1) is 11.3 Å². The Morgan fingerprint density at radius 2 is 1.96 bits per heavy atom. The quantitative estimate of drug-likeness (QED) is 0.668. The van der Waals surface area contributed by atoms with Crippen molar-refractivity contribution in [3.05, 3.63) is 63.4 Å². The molecule has 3 rings (SSSR count). The van der Waals surface area contributed by atoms with Crippen molar-refractivity contribution in [3.63, 3.8) is 0 Å². The van der Waals surface area contributed by atoms with E-state index in [-0.39, 0.29) is 12.3 Å². The lowest BCUT2D eigenvalue weighted by molar-refractivity contribution is -0.115. The molecular weight excluding hydrogens is 388 g/mol. The second-order valence-electron chi connectivity index (χ2n) is 5.06. The van der Waals surface area contributed by atoms with Crippen molar-refractivity contribution in [3.8, 4) is 17.0 Å². The summed E-state index contributed by atoms with van der Waals surface area (Å²) in [7, 11) is 1.58. The van der Waals surface area contributed by atoms with Gasteiger partial charge in [0.05, 0.1) is 24.9 Å². The number of nitrogens with one attached hydrogen (secondary N) is 1. The lowest BCUT2D eigenvalue weighted by Gasteiger charge is -2.08. The normalized spacial score (nSPS) is 10.4. The second kappa shape index (κ2) is 7.59. The Labute approximate surface area is 152 Å². The first-order valence-electron chi connectivity index (χ1n) is 7.29. The van der Waals surface area contributed by atoms with Crippen LogP contribution in [0.25, 0.3) is 11.3 Å². The number of methoxy groups -OCH3 is 1. The fourth-order valence-electron chi connectivity index (χ4n) is 2.22. The SMILES string of the molecule is COc1ccccc1NC(=O)Cc1nc(-c2ccc(Br)cc2)cs1. The summed E-state index contributed by atoms with van der Waals surface area (Å²) in [5.74, 6) is 0.525. The van der Waals surface area contributed by atoms with Crippen LogP contribution in [0.1, 0.15) is 5.01 Å². The number of ether oxygens (including phenoxy) is 1. The number of para-hydroxylation sites is 2. The van der Waals surface area contributed by atoms with E-state index in [9.17, 15) is 4.79 Å². The number of hydrogen-bond acceptors (Lipinski definition) is 4. The van der Waals surface area contributed by atoms with E-state index in [1.54, 1.807) is 7.11 Å². The van der Waals surface area contributed by atoms with E-state index in [0.29, 0.717) is 11.4 Å². The zero-order valence-corrected chi connectivity index (χ0v) is 15.4. The molecule has 1 amide bonds. The van der Waals surface area contributed by atoms with Crippen molar-refractivity contribution in [2.45, 2.75) is 6.42 Å². The van der Waals surface area contributed by atoms with Gasteiger partial charge < -0.3 is 10.1 Å². The average Bonchev–Trinajstić information content (AvgIpc) is 3.04. The van der Waals surface area contributed by atoms with Crippen LogP contribution in [-0.2, 0) is 11.2 Å². The molecular formula is C18H15BrN2O2S. The van der Waals surface area contributed by atoms with E-state index in [4.69, 9.17) is 4.74 Å². The van der Waals surface area contributed by atoms with Gasteiger partial charge in [0, 0.05) is 15.4 Å². The monoisotopic (exact) mass is 402 g/mol. The zero-order valence-electron chi connectivity index (χ0n) is 13.0. The van der Waals surface area contributed by atoms with Gasteiger partial charge in [0.25, 0.3) is 0 Å². The van der Waals surface area contributed by atoms with E-state index in [1.165, 1.54) is 11.3 Å². The predicted molar refractivity (Wildman–Crippen MR) is 101 cm³/mol. The molecule has 122 valence electrons. The number of thiazole rings is 1. The third-order valence-corrected chi connectivity index (χ3v) is 4.76. The number of hydrogen-bond donors (Lipinski definition) is 1. The number of carbonyl (C=O) groups excluding carboxylic acids is 1. The van der Waals surface area contributed by atoms with Crippen LogP contribution in [0, 0.1) is 0 Å². The first-order chi connectivity index (χ1) is 11.7. The highest BCUT2D eigenvalue weighted by molar-refractivity contribution is 9.10. The number of nitrogens with zero attached hydrogens (tertiary/aromatic N) is 1. The van der Waals surface area contributed by atoms with Crippen LogP contribution in [0.3, 0.4) is 0 Å². The van der Waals surface area contributed by atoms with Gasteiger partial charge in [0.15, 0.2) is 0 Å². The van der Waals surface area contributed by atoms with Gasteiger partial charge >= 0.3 is 0 Å². The first kappa shape index (κ1) is 16.7. The molecule has 0 aliphatic carbocycles. The maximum atomic E-state index is 12.2. The molecule has 0 aliphatic rings. The molecule has 2 aromatic carbocycles. The van der Waals surface area contributed by atoms with Gasteiger partial charge in [-0.1, -0.05) is 40.2 Å². The molecule has 24 heavy (non-hydrogen) atoms. The van der Waals surface area contributed by atoms with Crippen molar-refractivity contribution in [1.82, 2.24) is 4.98 Å². The van der Waals surface area contributed by atoms with Crippen LogP contribution >= 0.6 is 27.3 Å². The topological polar surface area (TPSA) is 51.2 Å². The molecule has 1 N–H and O–H groups in total. The summed E-state index contributed by atoms with van der Waals surface area (Å²) in [6.07, 6.45) is 0.235. The Hall–Kier alpha value is -2.18. The van der Waals surface area contributed by atoms with E-state index in [0.717, 1.165) is 20.7 Å². The summed E-state index contributed by atoms with van der Waals surface area (Å²) in [5.41, 5.74) is 2.58. The van der Waals surface area contributed by atoms with Crippen LogP contribution in [0.4, 0.5) is 5.69 Å². The van der Waals surface area contributed by atoms with Gasteiger partial charge in [0.2, 0.25) is 5.91 Å². The molecule has 0 bridgehead atoms. The van der Waals surface area contributed by atoms with Crippen molar-refractivity contribution in [1.29, 1.82) is 0 Å². The zero-order chi connectivity index (χ0) is 16.9. The standard InChI is InChI=1S/C18H15BrN2O2S/c1-23-16-5-3-2-4-14(16)20-17(22)10-18-21-15(11-24-18)12-6-8-13(19)9-7-12/h2-9,11H,10H2,1H3,(H,20,22). The summed E-state index contributed by atoms with van der Waals surface area (Å²) < 4.78 is 6.26. The van der Waals surface area contributed by atoms with Crippen molar-refractivity contribution in [2.75, 3.05) is 12.4 Å². The van der Waals surface area contributed by atoms with E-state index in [2.05, 4.69) is 26.2 Å². The minimum absolute atomic E-state index is 0.115. The number of anilines is 1. The lowest BCUT2D eigenvalue weighted by Crippen LogP contribution is -2.14. The molecule has 6 heteroatoms. The Bertz CT molecular complexity index is 846. The van der Waals surface area contributed by atoms with Crippen LogP contribution in [-0.4, -0.2) is 18.0 Å². The molecule has 0 spiro atoms. The van der Waals surface area contributed by atoms with Gasteiger partial charge in [-0.25, -0.2) is 4.98 Å². The van der Waals surface area contributed by atoms with Crippen LogP contribution < -0.4 is 10.1 Å². The fraction of sp³-hybridized carbons (Fsp3) is 0.111. The maximum absolute atomic E-state index is 12.2. The third-order valence-electron chi connectivity index (χ3n) is 3.38. The van der Waals surface area contributed by atoms with Crippen molar-refractivity contribution < 1.29 is 9.53 Å². The minimum Gasteiger partial charge on any atom is -0.495 e. The van der Waals surface area contributed by atoms with Crippen molar-refractivity contribution >= 4 is 38.9 Å². The molecule has 0 radical (unpaired) electrons. The van der Waals surface area contributed by atoms with Gasteiger partial charge in [-0.05, 0) is 24.3 Å². The Morgan fingerprint density at radius 1 is 1.21 bits per heavy atom. The third kappa shape index (κ3) is 4.01. The lowest BCUT2D eigenvalue weighted by atomic mass is 10.2. The number of aromatic nitrogens is 1. The van der Waals surface area contributed by atoms with E-state index >= 15 is 0 Å². The molecule has 0 saturated heterocycles.